The SMILES string of the molecule is CNC(=O)c1n[nH]c2cc(-c3cnc(OC)c(C(=O)NCC4CCCC4(C)C)c3)ccc12. The highest BCUT2D eigenvalue weighted by Crippen LogP contribution is 2.42. The fraction of sp³-hybridized carbons (Fsp3) is 0.417. The van der Waals surface area contributed by atoms with Crippen LogP contribution in [-0.4, -0.2) is 47.7 Å². The number of H-pyrrole nitrogens is 1. The molecule has 1 aliphatic carbocycles. The molecule has 4 rings (SSSR count). The summed E-state index contributed by atoms with van der Waals surface area (Å²) in [5.41, 5.74) is 3.34. The molecule has 1 aromatic carbocycles. The molecule has 1 unspecified atom stereocenters. The largest absolute Gasteiger partial charge is 0.480 e. The molecule has 32 heavy (non-hydrogen) atoms. The summed E-state index contributed by atoms with van der Waals surface area (Å²) in [6.07, 6.45) is 5.19. The Labute approximate surface area is 187 Å². The van der Waals surface area contributed by atoms with Crippen LogP contribution in [0, 0.1) is 11.3 Å². The second kappa shape index (κ2) is 8.61. The van der Waals surface area contributed by atoms with Crippen molar-refractivity contribution in [2.45, 2.75) is 33.1 Å². The molecule has 3 N–H and O–H groups in total. The number of aromatic nitrogens is 3. The van der Waals surface area contributed by atoms with Crippen LogP contribution in [0.2, 0.25) is 0 Å². The van der Waals surface area contributed by atoms with Crippen LogP contribution in [0.4, 0.5) is 0 Å². The van der Waals surface area contributed by atoms with Gasteiger partial charge in [-0.3, -0.25) is 14.7 Å². The zero-order valence-electron chi connectivity index (χ0n) is 18.9. The van der Waals surface area contributed by atoms with E-state index in [1.807, 2.05) is 18.2 Å². The number of pyridine rings is 1. The number of nitrogens with zero attached hydrogens (tertiary/aromatic N) is 2. The first-order chi connectivity index (χ1) is 15.3. The molecule has 0 bridgehead atoms. The molecule has 168 valence electrons. The molecule has 1 fully saturated rings. The van der Waals surface area contributed by atoms with Crippen LogP contribution < -0.4 is 15.4 Å². The Hall–Kier alpha value is -3.42. The topological polar surface area (TPSA) is 109 Å². The van der Waals surface area contributed by atoms with Crippen molar-refractivity contribution in [3.05, 3.63) is 41.7 Å². The summed E-state index contributed by atoms with van der Waals surface area (Å²) in [6.45, 7) is 5.17. The number of fused-ring (bicyclic) bond motifs is 1. The number of carbonyl (C=O) groups excluding carboxylic acids is 2. The molecular weight excluding hydrogens is 406 g/mol. The Morgan fingerprint density at radius 3 is 2.72 bits per heavy atom. The first-order valence-corrected chi connectivity index (χ1v) is 10.9. The summed E-state index contributed by atoms with van der Waals surface area (Å²) in [7, 11) is 3.08. The van der Waals surface area contributed by atoms with Gasteiger partial charge in [-0.05, 0) is 47.9 Å². The number of carbonyl (C=O) groups is 2. The Balaban J connectivity index is 1.60. The van der Waals surface area contributed by atoms with Crippen LogP contribution in [0.25, 0.3) is 22.0 Å². The van der Waals surface area contributed by atoms with E-state index < -0.39 is 0 Å². The normalized spacial score (nSPS) is 17.3. The number of aromatic amines is 1. The van der Waals surface area contributed by atoms with E-state index in [1.165, 1.54) is 20.0 Å². The Morgan fingerprint density at radius 2 is 2.03 bits per heavy atom. The van der Waals surface area contributed by atoms with Gasteiger partial charge in [0.05, 0.1) is 12.6 Å². The second-order valence-corrected chi connectivity index (χ2v) is 8.98. The van der Waals surface area contributed by atoms with Crippen LogP contribution in [0.3, 0.4) is 0 Å². The smallest absolute Gasteiger partial charge is 0.272 e. The first kappa shape index (κ1) is 21.8. The zero-order chi connectivity index (χ0) is 22.9. The number of methoxy groups -OCH3 is 1. The van der Waals surface area contributed by atoms with Crippen molar-refractivity contribution in [1.82, 2.24) is 25.8 Å². The molecule has 1 atom stereocenters. The summed E-state index contributed by atoms with van der Waals surface area (Å²) < 4.78 is 5.35. The first-order valence-electron chi connectivity index (χ1n) is 10.9. The Morgan fingerprint density at radius 1 is 1.22 bits per heavy atom. The lowest BCUT2D eigenvalue weighted by Crippen LogP contribution is -2.34. The van der Waals surface area contributed by atoms with Crippen molar-refractivity contribution in [3.8, 4) is 17.0 Å². The van der Waals surface area contributed by atoms with Crippen molar-refractivity contribution in [2.24, 2.45) is 11.3 Å². The number of rotatable bonds is 6. The predicted molar refractivity (Wildman–Crippen MR) is 123 cm³/mol. The molecule has 1 aliphatic rings. The molecule has 2 amide bonds. The number of hydrogen-bond acceptors (Lipinski definition) is 5. The van der Waals surface area contributed by atoms with Gasteiger partial charge in [-0.15, -0.1) is 0 Å². The summed E-state index contributed by atoms with van der Waals surface area (Å²) in [6, 6.07) is 7.40. The monoisotopic (exact) mass is 435 g/mol. The van der Waals surface area contributed by atoms with Crippen molar-refractivity contribution < 1.29 is 14.3 Å². The van der Waals surface area contributed by atoms with Crippen LogP contribution in [0.5, 0.6) is 5.88 Å². The van der Waals surface area contributed by atoms with Crippen molar-refractivity contribution in [3.63, 3.8) is 0 Å². The standard InChI is InChI=1S/C24H29N5O3/c1-24(2)9-5-6-16(24)13-26-21(30)18-10-15(12-27-23(18)32-4)14-7-8-17-19(11-14)28-29-20(17)22(31)25-3/h7-8,10-12,16H,5-6,9,13H2,1-4H3,(H,25,31)(H,26,30)(H,28,29). The van der Waals surface area contributed by atoms with Gasteiger partial charge >= 0.3 is 0 Å². The van der Waals surface area contributed by atoms with E-state index in [4.69, 9.17) is 4.74 Å². The third kappa shape index (κ3) is 4.04. The fourth-order valence-corrected chi connectivity index (χ4v) is 4.51. The van der Waals surface area contributed by atoms with E-state index in [1.54, 1.807) is 19.3 Å². The molecule has 8 heteroatoms. The average molecular weight is 436 g/mol. The summed E-state index contributed by atoms with van der Waals surface area (Å²) in [4.78, 5) is 29.3. The Kier molecular flexibility index (Phi) is 5.86. The number of benzene rings is 1. The Bertz CT molecular complexity index is 1170. The van der Waals surface area contributed by atoms with Gasteiger partial charge in [0.25, 0.3) is 11.8 Å². The number of nitrogens with one attached hydrogen (secondary N) is 3. The molecule has 2 aromatic heterocycles. The molecule has 0 aliphatic heterocycles. The molecule has 3 aromatic rings. The zero-order valence-corrected chi connectivity index (χ0v) is 18.9. The number of hydrogen-bond donors (Lipinski definition) is 3. The maximum atomic E-state index is 13.0. The van der Waals surface area contributed by atoms with E-state index in [2.05, 4.69) is 39.7 Å². The average Bonchev–Trinajstić information content (AvgIpc) is 3.38. The van der Waals surface area contributed by atoms with Crippen LogP contribution in [0.1, 0.15) is 54.0 Å². The molecule has 0 spiro atoms. The number of ether oxygens (including phenoxy) is 1. The maximum Gasteiger partial charge on any atom is 0.272 e. The molecule has 0 radical (unpaired) electrons. The van der Waals surface area contributed by atoms with Gasteiger partial charge in [0.1, 0.15) is 5.56 Å². The number of amides is 2. The van der Waals surface area contributed by atoms with E-state index in [9.17, 15) is 9.59 Å². The highest BCUT2D eigenvalue weighted by Gasteiger charge is 2.34. The minimum atomic E-state index is -0.250. The quantitative estimate of drug-likeness (QED) is 0.549. The molecule has 8 nitrogen and oxygen atoms in total. The second-order valence-electron chi connectivity index (χ2n) is 8.98. The highest BCUT2D eigenvalue weighted by atomic mass is 16.5. The third-order valence-corrected chi connectivity index (χ3v) is 6.62. The van der Waals surface area contributed by atoms with E-state index in [-0.39, 0.29) is 17.2 Å². The van der Waals surface area contributed by atoms with Gasteiger partial charge in [0.2, 0.25) is 5.88 Å². The maximum absolute atomic E-state index is 13.0. The fourth-order valence-electron chi connectivity index (χ4n) is 4.51. The van der Waals surface area contributed by atoms with E-state index in [0.717, 1.165) is 28.5 Å². The lowest BCUT2D eigenvalue weighted by molar-refractivity contribution is 0.0931. The van der Waals surface area contributed by atoms with Gasteiger partial charge in [0, 0.05) is 30.7 Å². The van der Waals surface area contributed by atoms with Crippen molar-refractivity contribution >= 4 is 22.7 Å². The van der Waals surface area contributed by atoms with Gasteiger partial charge in [-0.2, -0.15) is 5.10 Å². The van der Waals surface area contributed by atoms with E-state index >= 15 is 0 Å². The molecule has 1 saturated carbocycles. The summed E-state index contributed by atoms with van der Waals surface area (Å²) >= 11 is 0. The van der Waals surface area contributed by atoms with Crippen LogP contribution in [0.15, 0.2) is 30.5 Å². The molecular formula is C24H29N5O3. The predicted octanol–water partition coefficient (Wildman–Crippen LogP) is 3.55. The van der Waals surface area contributed by atoms with Gasteiger partial charge in [-0.25, -0.2) is 4.98 Å². The minimum Gasteiger partial charge on any atom is -0.480 e. The summed E-state index contributed by atoms with van der Waals surface area (Å²) in [5.74, 6) is 0.315. The van der Waals surface area contributed by atoms with Crippen LogP contribution >= 0.6 is 0 Å². The summed E-state index contributed by atoms with van der Waals surface area (Å²) in [5, 5.41) is 13.4. The van der Waals surface area contributed by atoms with Crippen LogP contribution in [-0.2, 0) is 0 Å². The molecule has 0 saturated heterocycles. The highest BCUT2D eigenvalue weighted by molar-refractivity contribution is 6.05. The third-order valence-electron chi connectivity index (χ3n) is 6.62. The lowest BCUT2D eigenvalue weighted by atomic mass is 9.82. The van der Waals surface area contributed by atoms with Crippen molar-refractivity contribution in [1.29, 1.82) is 0 Å². The van der Waals surface area contributed by atoms with Gasteiger partial charge in [-0.1, -0.05) is 26.3 Å². The minimum absolute atomic E-state index is 0.191. The van der Waals surface area contributed by atoms with Gasteiger partial charge < -0.3 is 15.4 Å². The molecule has 2 heterocycles. The van der Waals surface area contributed by atoms with Gasteiger partial charge in [0.15, 0.2) is 5.69 Å². The van der Waals surface area contributed by atoms with Crippen molar-refractivity contribution in [2.75, 3.05) is 20.7 Å². The lowest BCUT2D eigenvalue weighted by Gasteiger charge is -2.27. The van der Waals surface area contributed by atoms with E-state index in [0.29, 0.717) is 29.6 Å².